The monoisotopic (exact) mass is 670 g/mol. The summed E-state index contributed by atoms with van der Waals surface area (Å²) in [4.78, 5) is 57.9. The van der Waals surface area contributed by atoms with Crippen molar-refractivity contribution in [3.8, 4) is 0 Å². The van der Waals surface area contributed by atoms with E-state index in [-0.39, 0.29) is 42.2 Å². The number of benzene rings is 2. The minimum atomic E-state index is -0.958. The predicted molar refractivity (Wildman–Crippen MR) is 181 cm³/mol. The smallest absolute Gasteiger partial charge is 0.257 e. The molecule has 0 radical (unpaired) electrons. The van der Waals surface area contributed by atoms with Crippen LogP contribution in [0.3, 0.4) is 0 Å². The van der Waals surface area contributed by atoms with Crippen molar-refractivity contribution in [2.75, 3.05) is 46.9 Å². The molecule has 3 heterocycles. The molecule has 260 valence electrons. The second kappa shape index (κ2) is 14.5. The summed E-state index contributed by atoms with van der Waals surface area (Å²) in [5.74, 6) is -1.54. The lowest BCUT2D eigenvalue weighted by Crippen LogP contribution is -2.65. The molecule has 1 aliphatic carbocycles. The summed E-state index contributed by atoms with van der Waals surface area (Å²) in [7, 11) is 3.17. The third-order valence-electron chi connectivity index (χ3n) is 10.3. The highest BCUT2D eigenvalue weighted by molar-refractivity contribution is 5.95. The van der Waals surface area contributed by atoms with Crippen LogP contribution in [-0.2, 0) is 37.0 Å². The second-order valence-corrected chi connectivity index (χ2v) is 14.0. The van der Waals surface area contributed by atoms with Crippen LogP contribution in [0, 0.1) is 16.7 Å². The summed E-state index contributed by atoms with van der Waals surface area (Å²) < 4.78 is 13.1. The summed E-state index contributed by atoms with van der Waals surface area (Å²) in [6.45, 7) is 4.29. The van der Waals surface area contributed by atoms with Gasteiger partial charge in [-0.2, -0.15) is 5.10 Å². The van der Waals surface area contributed by atoms with E-state index in [0.717, 1.165) is 24.0 Å². The molecule has 2 saturated heterocycles. The lowest BCUT2D eigenvalue weighted by Gasteiger charge is -2.50. The van der Waals surface area contributed by atoms with Gasteiger partial charge in [-0.15, -0.1) is 0 Å². The summed E-state index contributed by atoms with van der Waals surface area (Å²) in [6, 6.07) is 18.5. The van der Waals surface area contributed by atoms with E-state index in [1.165, 1.54) is 7.05 Å². The van der Waals surface area contributed by atoms with Gasteiger partial charge in [0.25, 0.3) is 5.91 Å². The molecule has 4 amide bonds. The zero-order valence-electron chi connectivity index (χ0n) is 28.5. The fraction of sp³-hybridized carbons (Fsp3) is 0.486. The number of likely N-dealkylation sites (N-methyl/N-ethyl adjacent to an activating group) is 1. The van der Waals surface area contributed by atoms with Gasteiger partial charge in [0.1, 0.15) is 6.04 Å². The number of aromatic nitrogens is 2. The summed E-state index contributed by atoms with van der Waals surface area (Å²) in [5, 5.41) is 10.0. The Morgan fingerprint density at radius 2 is 1.61 bits per heavy atom. The van der Waals surface area contributed by atoms with Crippen molar-refractivity contribution in [1.29, 1.82) is 0 Å². The zero-order valence-corrected chi connectivity index (χ0v) is 28.5. The van der Waals surface area contributed by atoms with E-state index < -0.39 is 23.5 Å². The van der Waals surface area contributed by atoms with E-state index in [4.69, 9.17) is 9.47 Å². The molecule has 12 nitrogen and oxygen atoms in total. The van der Waals surface area contributed by atoms with Gasteiger partial charge in [-0.3, -0.25) is 23.9 Å². The molecule has 12 heteroatoms. The number of carbonyl (C=O) groups is 4. The summed E-state index contributed by atoms with van der Waals surface area (Å²) in [6.07, 6.45) is 4.98. The number of amides is 4. The van der Waals surface area contributed by atoms with Crippen molar-refractivity contribution >= 4 is 23.6 Å². The van der Waals surface area contributed by atoms with E-state index in [0.29, 0.717) is 44.8 Å². The van der Waals surface area contributed by atoms with Gasteiger partial charge in [-0.25, -0.2) is 0 Å². The SMILES string of the molecule is CNC(=O)[C@@H](NC(=O)[C@H]1CN(C(=O)c2cnn(Cc3ccccc3)c2)CC12CN(C(=O)CC1(COC)CC1)C2)[C@@H](C)OCc1ccccc1. The Labute approximate surface area is 287 Å². The number of nitrogens with one attached hydrogen (secondary N) is 2. The minimum Gasteiger partial charge on any atom is -0.384 e. The van der Waals surface area contributed by atoms with Gasteiger partial charge in [0, 0.05) is 63.8 Å². The Morgan fingerprint density at radius 3 is 2.24 bits per heavy atom. The largest absolute Gasteiger partial charge is 0.384 e. The van der Waals surface area contributed by atoms with Gasteiger partial charge in [-0.05, 0) is 30.9 Å². The Balaban J connectivity index is 1.17. The molecular formula is C37H46N6O6. The Hall–Kier alpha value is -4.55. The van der Waals surface area contributed by atoms with E-state index in [2.05, 4.69) is 15.7 Å². The average molecular weight is 671 g/mol. The van der Waals surface area contributed by atoms with E-state index in [1.807, 2.05) is 60.7 Å². The van der Waals surface area contributed by atoms with E-state index >= 15 is 0 Å². The van der Waals surface area contributed by atoms with Crippen LogP contribution >= 0.6 is 0 Å². The molecule has 2 aromatic carbocycles. The zero-order chi connectivity index (χ0) is 34.6. The van der Waals surface area contributed by atoms with Gasteiger partial charge in [0.2, 0.25) is 17.7 Å². The number of rotatable bonds is 14. The third-order valence-corrected chi connectivity index (χ3v) is 10.3. The predicted octanol–water partition coefficient (Wildman–Crippen LogP) is 2.48. The first-order valence-corrected chi connectivity index (χ1v) is 16.9. The molecule has 0 bridgehead atoms. The molecule has 3 fully saturated rings. The maximum Gasteiger partial charge on any atom is 0.257 e. The van der Waals surface area contributed by atoms with Crippen LogP contribution in [0.1, 0.15) is 47.7 Å². The molecule has 2 N–H and O–H groups in total. The molecule has 6 rings (SSSR count). The molecular weight excluding hydrogens is 624 g/mol. The third kappa shape index (κ3) is 7.70. The fourth-order valence-electron chi connectivity index (χ4n) is 7.20. The van der Waals surface area contributed by atoms with E-state index in [1.54, 1.807) is 40.9 Å². The van der Waals surface area contributed by atoms with Crippen LogP contribution in [0.4, 0.5) is 0 Å². The Kier molecular flexibility index (Phi) is 10.2. The highest BCUT2D eigenvalue weighted by atomic mass is 16.5. The van der Waals surface area contributed by atoms with Crippen molar-refractivity contribution in [3.63, 3.8) is 0 Å². The van der Waals surface area contributed by atoms with Crippen LogP contribution in [0.15, 0.2) is 73.1 Å². The van der Waals surface area contributed by atoms with Gasteiger partial charge in [0.15, 0.2) is 0 Å². The average Bonchev–Trinajstić information content (AvgIpc) is 3.48. The van der Waals surface area contributed by atoms with Gasteiger partial charge in [0.05, 0.1) is 43.5 Å². The van der Waals surface area contributed by atoms with Crippen molar-refractivity contribution in [1.82, 2.24) is 30.2 Å². The highest BCUT2D eigenvalue weighted by Gasteiger charge is 2.60. The highest BCUT2D eigenvalue weighted by Crippen LogP contribution is 2.51. The number of methoxy groups -OCH3 is 1. The van der Waals surface area contributed by atoms with Crippen molar-refractivity contribution in [2.45, 2.75) is 51.5 Å². The maximum absolute atomic E-state index is 14.2. The number of nitrogens with zero attached hydrogens (tertiary/aromatic N) is 4. The summed E-state index contributed by atoms with van der Waals surface area (Å²) >= 11 is 0. The number of hydrogen-bond donors (Lipinski definition) is 2. The molecule has 2 aliphatic heterocycles. The number of carbonyl (C=O) groups excluding carboxylic acids is 4. The molecule has 1 aromatic heterocycles. The lowest BCUT2D eigenvalue weighted by atomic mass is 9.70. The van der Waals surface area contributed by atoms with Gasteiger partial charge >= 0.3 is 0 Å². The normalized spacial score (nSPS) is 19.9. The van der Waals surface area contributed by atoms with Crippen LogP contribution in [0.2, 0.25) is 0 Å². The molecule has 0 unspecified atom stereocenters. The maximum atomic E-state index is 14.2. The van der Waals surface area contributed by atoms with Gasteiger partial charge < -0.3 is 29.9 Å². The number of likely N-dealkylation sites (tertiary alicyclic amines) is 2. The quantitative estimate of drug-likeness (QED) is 0.269. The Morgan fingerprint density at radius 1 is 0.959 bits per heavy atom. The van der Waals surface area contributed by atoms with Crippen LogP contribution in [0.5, 0.6) is 0 Å². The molecule has 3 aromatic rings. The standard InChI is InChI=1S/C37H46N6O6/c1-26(49-21-28-12-8-5-9-13-28)32(34(46)38-2)40-33(45)30-20-41(35(47)29-17-39-43(19-29)18-27-10-6-4-7-11-27)22-37(30)23-42(24-37)31(44)16-36(14-15-36)25-48-3/h4-13,17,19,26,30,32H,14-16,18,20-25H2,1-3H3,(H,38,46)(H,40,45)/t26-,30-,32+/m1/s1. The van der Waals surface area contributed by atoms with Crippen LogP contribution in [0.25, 0.3) is 0 Å². The Bertz CT molecular complexity index is 1630. The number of ether oxygens (including phenoxy) is 2. The number of hydrogen-bond acceptors (Lipinski definition) is 7. The minimum absolute atomic E-state index is 0.0393. The molecule has 3 atom stereocenters. The first-order chi connectivity index (χ1) is 23.6. The summed E-state index contributed by atoms with van der Waals surface area (Å²) in [5.41, 5.74) is 1.70. The lowest BCUT2D eigenvalue weighted by molar-refractivity contribution is -0.152. The van der Waals surface area contributed by atoms with Crippen molar-refractivity contribution in [2.24, 2.45) is 16.7 Å². The molecule has 49 heavy (non-hydrogen) atoms. The van der Waals surface area contributed by atoms with Gasteiger partial charge in [-0.1, -0.05) is 60.7 Å². The topological polar surface area (TPSA) is 135 Å². The molecule has 3 aliphatic rings. The second-order valence-electron chi connectivity index (χ2n) is 14.0. The molecule has 1 saturated carbocycles. The van der Waals surface area contributed by atoms with Crippen molar-refractivity contribution in [3.05, 3.63) is 89.7 Å². The van der Waals surface area contributed by atoms with Crippen molar-refractivity contribution < 1.29 is 28.7 Å². The van der Waals surface area contributed by atoms with Crippen LogP contribution < -0.4 is 10.6 Å². The molecule has 1 spiro atoms. The first-order valence-electron chi connectivity index (χ1n) is 16.9. The first kappa shape index (κ1) is 34.3. The van der Waals surface area contributed by atoms with Crippen LogP contribution in [-0.4, -0.2) is 102 Å². The fourth-order valence-corrected chi connectivity index (χ4v) is 7.20. The van der Waals surface area contributed by atoms with E-state index in [9.17, 15) is 19.2 Å².